The standard InChI is InChI=1S/C21H23BrN4OS/c1-14(2)12-26-20(16-7-5-4-6-8-16)24-25-21(26)28-13-19(27)23-18-10-9-15(3)11-17(18)22/h4-11,14H,12-13H2,1-3H3,(H,23,27). The molecule has 0 aliphatic carbocycles. The Morgan fingerprint density at radius 3 is 2.61 bits per heavy atom. The van der Waals surface area contributed by atoms with Crippen molar-refractivity contribution in [3.05, 3.63) is 58.6 Å². The SMILES string of the molecule is Cc1ccc(NC(=O)CSc2nnc(-c3ccccc3)n2CC(C)C)c(Br)c1. The van der Waals surface area contributed by atoms with E-state index in [1.807, 2.05) is 55.5 Å². The van der Waals surface area contributed by atoms with E-state index in [9.17, 15) is 4.79 Å². The van der Waals surface area contributed by atoms with Crippen molar-refractivity contribution in [1.82, 2.24) is 14.8 Å². The van der Waals surface area contributed by atoms with Gasteiger partial charge in [0.15, 0.2) is 11.0 Å². The summed E-state index contributed by atoms with van der Waals surface area (Å²) in [6.07, 6.45) is 0. The molecule has 0 aliphatic heterocycles. The first kappa shape index (κ1) is 20.6. The third-order valence-corrected chi connectivity index (χ3v) is 5.65. The normalized spacial score (nSPS) is 11.0. The summed E-state index contributed by atoms with van der Waals surface area (Å²) >= 11 is 4.89. The van der Waals surface area contributed by atoms with Crippen molar-refractivity contribution in [2.24, 2.45) is 5.92 Å². The maximum Gasteiger partial charge on any atom is 0.234 e. The Balaban J connectivity index is 1.73. The number of hydrogen-bond donors (Lipinski definition) is 1. The molecule has 0 spiro atoms. The lowest BCUT2D eigenvalue weighted by Gasteiger charge is -2.13. The highest BCUT2D eigenvalue weighted by Crippen LogP contribution is 2.26. The molecule has 0 unspecified atom stereocenters. The largest absolute Gasteiger partial charge is 0.324 e. The number of aromatic nitrogens is 3. The summed E-state index contributed by atoms with van der Waals surface area (Å²) in [6, 6.07) is 15.9. The lowest BCUT2D eigenvalue weighted by atomic mass is 10.2. The van der Waals surface area contributed by atoms with Crippen LogP contribution in [0.25, 0.3) is 11.4 Å². The van der Waals surface area contributed by atoms with E-state index in [1.54, 1.807) is 0 Å². The van der Waals surface area contributed by atoms with E-state index in [0.29, 0.717) is 5.92 Å². The first-order valence-electron chi connectivity index (χ1n) is 9.11. The molecule has 0 saturated carbocycles. The molecule has 0 saturated heterocycles. The zero-order valence-corrected chi connectivity index (χ0v) is 18.5. The molecular weight excluding hydrogens is 436 g/mol. The Morgan fingerprint density at radius 1 is 1.18 bits per heavy atom. The zero-order chi connectivity index (χ0) is 20.1. The Bertz CT molecular complexity index is 956. The second kappa shape index (κ2) is 9.39. The van der Waals surface area contributed by atoms with Crippen LogP contribution in [-0.4, -0.2) is 26.4 Å². The molecule has 0 bridgehead atoms. The number of hydrogen-bond acceptors (Lipinski definition) is 4. The molecule has 0 fully saturated rings. The molecule has 0 aliphatic rings. The molecule has 146 valence electrons. The maximum absolute atomic E-state index is 12.4. The van der Waals surface area contributed by atoms with Crippen molar-refractivity contribution in [2.45, 2.75) is 32.5 Å². The van der Waals surface area contributed by atoms with Gasteiger partial charge in [0.1, 0.15) is 0 Å². The minimum atomic E-state index is -0.0742. The molecule has 0 radical (unpaired) electrons. The number of carbonyl (C=O) groups excluding carboxylic acids is 1. The minimum Gasteiger partial charge on any atom is -0.324 e. The molecule has 1 amide bonds. The number of amides is 1. The summed E-state index contributed by atoms with van der Waals surface area (Å²) in [5, 5.41) is 12.4. The maximum atomic E-state index is 12.4. The molecule has 1 N–H and O–H groups in total. The van der Waals surface area contributed by atoms with Crippen molar-refractivity contribution in [2.75, 3.05) is 11.1 Å². The van der Waals surface area contributed by atoms with Gasteiger partial charge in [-0.25, -0.2) is 0 Å². The zero-order valence-electron chi connectivity index (χ0n) is 16.1. The number of benzene rings is 2. The summed E-state index contributed by atoms with van der Waals surface area (Å²) in [5.41, 5.74) is 2.93. The summed E-state index contributed by atoms with van der Waals surface area (Å²) in [4.78, 5) is 12.4. The number of carbonyl (C=O) groups is 1. The van der Waals surface area contributed by atoms with Gasteiger partial charge in [-0.3, -0.25) is 4.79 Å². The van der Waals surface area contributed by atoms with Crippen LogP contribution in [0.4, 0.5) is 5.69 Å². The molecule has 5 nitrogen and oxygen atoms in total. The van der Waals surface area contributed by atoms with E-state index in [-0.39, 0.29) is 11.7 Å². The van der Waals surface area contributed by atoms with Gasteiger partial charge in [-0.05, 0) is 46.5 Å². The molecule has 28 heavy (non-hydrogen) atoms. The number of rotatable bonds is 7. The van der Waals surface area contributed by atoms with Crippen LogP contribution in [0.2, 0.25) is 0 Å². The average Bonchev–Trinajstić information content (AvgIpc) is 3.05. The van der Waals surface area contributed by atoms with Crippen LogP contribution in [-0.2, 0) is 11.3 Å². The molecule has 2 aromatic carbocycles. The fourth-order valence-corrected chi connectivity index (χ4v) is 4.10. The Hall–Kier alpha value is -2.12. The summed E-state index contributed by atoms with van der Waals surface area (Å²) in [7, 11) is 0. The second-order valence-corrected chi connectivity index (χ2v) is 8.79. The van der Waals surface area contributed by atoms with Crippen molar-refractivity contribution < 1.29 is 4.79 Å². The fraction of sp³-hybridized carbons (Fsp3) is 0.286. The lowest BCUT2D eigenvalue weighted by Crippen LogP contribution is -2.15. The van der Waals surface area contributed by atoms with Gasteiger partial charge in [-0.1, -0.05) is 62.0 Å². The number of aryl methyl sites for hydroxylation is 1. The highest BCUT2D eigenvalue weighted by molar-refractivity contribution is 9.10. The van der Waals surface area contributed by atoms with Gasteiger partial charge in [-0.2, -0.15) is 0 Å². The van der Waals surface area contributed by atoms with E-state index in [2.05, 4.69) is 49.9 Å². The van der Waals surface area contributed by atoms with Gasteiger partial charge in [0.25, 0.3) is 0 Å². The third kappa shape index (κ3) is 5.23. The highest BCUT2D eigenvalue weighted by Gasteiger charge is 2.16. The quantitative estimate of drug-likeness (QED) is 0.481. The summed E-state index contributed by atoms with van der Waals surface area (Å²) < 4.78 is 2.97. The number of halogens is 1. The monoisotopic (exact) mass is 458 g/mol. The second-order valence-electron chi connectivity index (χ2n) is 7.00. The van der Waals surface area contributed by atoms with E-state index in [0.717, 1.165) is 38.8 Å². The number of thioether (sulfide) groups is 1. The van der Waals surface area contributed by atoms with Crippen molar-refractivity contribution >= 4 is 39.3 Å². The van der Waals surface area contributed by atoms with Crippen LogP contribution < -0.4 is 5.32 Å². The van der Waals surface area contributed by atoms with Crippen LogP contribution in [0.15, 0.2) is 58.2 Å². The van der Waals surface area contributed by atoms with Gasteiger partial charge in [0.2, 0.25) is 5.91 Å². The molecule has 1 heterocycles. The topological polar surface area (TPSA) is 59.8 Å². The predicted octanol–water partition coefficient (Wildman–Crippen LogP) is 5.40. The molecule has 0 atom stereocenters. The molecular formula is C21H23BrN4OS. The van der Waals surface area contributed by atoms with Crippen LogP contribution >= 0.6 is 27.7 Å². The van der Waals surface area contributed by atoms with Crippen LogP contribution in [0.5, 0.6) is 0 Å². The van der Waals surface area contributed by atoms with Crippen LogP contribution in [0, 0.1) is 12.8 Å². The number of nitrogens with zero attached hydrogens (tertiary/aromatic N) is 3. The Morgan fingerprint density at radius 2 is 1.93 bits per heavy atom. The van der Waals surface area contributed by atoms with Gasteiger partial charge >= 0.3 is 0 Å². The number of nitrogens with one attached hydrogen (secondary N) is 1. The summed E-state index contributed by atoms with van der Waals surface area (Å²) in [6.45, 7) is 7.12. The smallest absolute Gasteiger partial charge is 0.234 e. The van der Waals surface area contributed by atoms with Crippen LogP contribution in [0.1, 0.15) is 19.4 Å². The predicted molar refractivity (Wildman–Crippen MR) is 119 cm³/mol. The Kier molecular flexibility index (Phi) is 6.91. The molecule has 1 aromatic heterocycles. The molecule has 3 rings (SSSR count). The third-order valence-electron chi connectivity index (χ3n) is 4.03. The highest BCUT2D eigenvalue weighted by atomic mass is 79.9. The Labute approximate surface area is 178 Å². The van der Waals surface area contributed by atoms with Crippen molar-refractivity contribution in [1.29, 1.82) is 0 Å². The molecule has 7 heteroatoms. The minimum absolute atomic E-state index is 0.0742. The van der Waals surface area contributed by atoms with Crippen molar-refractivity contribution in [3.63, 3.8) is 0 Å². The van der Waals surface area contributed by atoms with Gasteiger partial charge in [-0.15, -0.1) is 10.2 Å². The molecule has 3 aromatic rings. The van der Waals surface area contributed by atoms with Crippen LogP contribution in [0.3, 0.4) is 0 Å². The van der Waals surface area contributed by atoms with Gasteiger partial charge in [0.05, 0.1) is 11.4 Å². The lowest BCUT2D eigenvalue weighted by molar-refractivity contribution is -0.113. The number of anilines is 1. The van der Waals surface area contributed by atoms with E-state index in [1.165, 1.54) is 11.8 Å². The first-order valence-corrected chi connectivity index (χ1v) is 10.9. The van der Waals surface area contributed by atoms with E-state index < -0.39 is 0 Å². The van der Waals surface area contributed by atoms with Gasteiger partial charge < -0.3 is 9.88 Å². The fourth-order valence-electron chi connectivity index (χ4n) is 2.76. The van der Waals surface area contributed by atoms with Crippen molar-refractivity contribution in [3.8, 4) is 11.4 Å². The van der Waals surface area contributed by atoms with E-state index >= 15 is 0 Å². The summed E-state index contributed by atoms with van der Waals surface area (Å²) in [5.74, 6) is 1.47. The first-order chi connectivity index (χ1) is 13.4. The van der Waals surface area contributed by atoms with E-state index in [4.69, 9.17) is 0 Å². The average molecular weight is 459 g/mol. The van der Waals surface area contributed by atoms with Gasteiger partial charge in [0, 0.05) is 16.6 Å².